The summed E-state index contributed by atoms with van der Waals surface area (Å²) in [4.78, 5) is 37.6. The van der Waals surface area contributed by atoms with E-state index in [1.165, 1.54) is 24.9 Å². The highest BCUT2D eigenvalue weighted by Crippen LogP contribution is 2.49. The van der Waals surface area contributed by atoms with Gasteiger partial charge in [0, 0.05) is 0 Å². The SMILES string of the molecule is C=COCCCCC1=CC(CCCCOC=C)(C(=O)O)C(C(=O)O)C(CCCCOC=C)=C1C(=O)O. The lowest BCUT2D eigenvalue weighted by molar-refractivity contribution is -0.158. The van der Waals surface area contributed by atoms with Crippen LogP contribution in [-0.2, 0) is 28.6 Å². The molecule has 0 aliphatic heterocycles. The van der Waals surface area contributed by atoms with E-state index in [9.17, 15) is 29.7 Å². The van der Waals surface area contributed by atoms with Crippen LogP contribution in [0.4, 0.5) is 0 Å². The molecule has 0 saturated heterocycles. The highest BCUT2D eigenvalue weighted by atomic mass is 16.5. The van der Waals surface area contributed by atoms with Gasteiger partial charge < -0.3 is 29.5 Å². The van der Waals surface area contributed by atoms with Crippen LogP contribution in [0.3, 0.4) is 0 Å². The number of unbranched alkanes of at least 4 members (excludes halogenated alkanes) is 3. The summed E-state index contributed by atoms with van der Waals surface area (Å²) in [5.41, 5.74) is -1.39. The highest BCUT2D eigenvalue weighted by Gasteiger charge is 2.53. The molecule has 2 unspecified atom stereocenters. The zero-order chi connectivity index (χ0) is 27.0. The van der Waals surface area contributed by atoms with E-state index in [0.29, 0.717) is 63.9 Å². The maximum atomic E-state index is 12.7. The molecule has 1 aliphatic rings. The second-order valence-electron chi connectivity index (χ2n) is 8.48. The summed E-state index contributed by atoms with van der Waals surface area (Å²) in [5, 5.41) is 30.7. The van der Waals surface area contributed by atoms with Crippen molar-refractivity contribution in [3.05, 3.63) is 61.3 Å². The molecule has 0 radical (unpaired) electrons. The molecule has 1 aliphatic carbocycles. The van der Waals surface area contributed by atoms with E-state index in [1.54, 1.807) is 0 Å². The first-order valence-electron chi connectivity index (χ1n) is 12.1. The molecule has 0 aromatic rings. The minimum Gasteiger partial charge on any atom is -0.502 e. The molecule has 0 saturated carbocycles. The quantitative estimate of drug-likeness (QED) is 0.144. The van der Waals surface area contributed by atoms with Crippen molar-refractivity contribution in [3.63, 3.8) is 0 Å². The Balaban J connectivity index is 3.47. The minimum absolute atomic E-state index is 0.0266. The van der Waals surface area contributed by atoms with Crippen LogP contribution in [0.1, 0.15) is 57.8 Å². The highest BCUT2D eigenvalue weighted by molar-refractivity contribution is 5.98. The summed E-state index contributed by atoms with van der Waals surface area (Å²) in [5.74, 6) is -5.41. The largest absolute Gasteiger partial charge is 0.502 e. The van der Waals surface area contributed by atoms with Crippen molar-refractivity contribution in [1.29, 1.82) is 0 Å². The Morgan fingerprint density at radius 2 is 1.31 bits per heavy atom. The number of ether oxygens (including phenoxy) is 3. The van der Waals surface area contributed by atoms with Crippen molar-refractivity contribution in [2.75, 3.05) is 19.8 Å². The monoisotopic (exact) mass is 506 g/mol. The molecule has 0 bridgehead atoms. The Hall–Kier alpha value is -3.49. The number of hydrogen-bond donors (Lipinski definition) is 3. The van der Waals surface area contributed by atoms with Gasteiger partial charge in [-0.25, -0.2) is 4.79 Å². The molecule has 3 N–H and O–H groups in total. The summed E-state index contributed by atoms with van der Waals surface area (Å²) in [6, 6.07) is 0. The fourth-order valence-corrected chi connectivity index (χ4v) is 4.60. The molecule has 0 spiro atoms. The van der Waals surface area contributed by atoms with Crippen molar-refractivity contribution < 1.29 is 43.9 Å². The minimum atomic E-state index is -1.78. The average Bonchev–Trinajstić information content (AvgIpc) is 2.82. The molecule has 0 aromatic carbocycles. The zero-order valence-electron chi connectivity index (χ0n) is 20.8. The molecule has 200 valence electrons. The number of carboxylic acid groups (broad SMARTS) is 3. The zero-order valence-corrected chi connectivity index (χ0v) is 20.8. The summed E-state index contributed by atoms with van der Waals surface area (Å²) < 4.78 is 15.3. The van der Waals surface area contributed by atoms with Crippen molar-refractivity contribution in [3.8, 4) is 0 Å². The Kier molecular flexibility index (Phi) is 13.8. The van der Waals surface area contributed by atoms with Crippen LogP contribution in [0, 0.1) is 11.3 Å². The predicted octanol–water partition coefficient (Wildman–Crippen LogP) is 5.07. The maximum absolute atomic E-state index is 12.7. The second kappa shape index (κ2) is 16.2. The molecule has 0 amide bonds. The van der Waals surface area contributed by atoms with Crippen LogP contribution in [0.25, 0.3) is 0 Å². The Labute approximate surface area is 212 Å². The van der Waals surface area contributed by atoms with E-state index in [2.05, 4.69) is 19.7 Å². The van der Waals surface area contributed by atoms with Gasteiger partial charge in [-0.2, -0.15) is 0 Å². The van der Waals surface area contributed by atoms with Crippen LogP contribution in [0.5, 0.6) is 0 Å². The van der Waals surface area contributed by atoms with E-state index < -0.39 is 29.2 Å². The van der Waals surface area contributed by atoms with E-state index in [0.717, 1.165) is 0 Å². The van der Waals surface area contributed by atoms with Gasteiger partial charge in [0.1, 0.15) is 5.41 Å². The van der Waals surface area contributed by atoms with Crippen LogP contribution < -0.4 is 0 Å². The van der Waals surface area contributed by atoms with Gasteiger partial charge in [-0.1, -0.05) is 25.8 Å². The van der Waals surface area contributed by atoms with Gasteiger partial charge >= 0.3 is 17.9 Å². The molecule has 0 aromatic heterocycles. The van der Waals surface area contributed by atoms with Gasteiger partial charge in [0.05, 0.1) is 50.1 Å². The normalized spacial score (nSPS) is 19.1. The summed E-state index contributed by atoms with van der Waals surface area (Å²) in [6.45, 7) is 11.5. The number of aliphatic carboxylic acids is 3. The lowest BCUT2D eigenvalue weighted by atomic mass is 9.62. The van der Waals surface area contributed by atoms with Crippen molar-refractivity contribution >= 4 is 17.9 Å². The van der Waals surface area contributed by atoms with Gasteiger partial charge in [-0.15, -0.1) is 0 Å². The first kappa shape index (κ1) is 30.5. The average molecular weight is 507 g/mol. The summed E-state index contributed by atoms with van der Waals surface area (Å²) in [7, 11) is 0. The molecule has 36 heavy (non-hydrogen) atoms. The van der Waals surface area contributed by atoms with Crippen LogP contribution in [-0.4, -0.2) is 53.0 Å². The molecule has 1 rings (SSSR count). The van der Waals surface area contributed by atoms with Gasteiger partial charge in [0.25, 0.3) is 0 Å². The van der Waals surface area contributed by atoms with Crippen LogP contribution in [0.15, 0.2) is 61.3 Å². The van der Waals surface area contributed by atoms with Gasteiger partial charge in [-0.3, -0.25) is 9.59 Å². The third-order valence-corrected chi connectivity index (χ3v) is 6.17. The predicted molar refractivity (Wildman–Crippen MR) is 134 cm³/mol. The summed E-state index contributed by atoms with van der Waals surface area (Å²) in [6.07, 6.45) is 8.72. The number of carboxylic acids is 3. The molecule has 0 fully saturated rings. The molecule has 2 atom stereocenters. The second-order valence-corrected chi connectivity index (χ2v) is 8.48. The lowest BCUT2D eigenvalue weighted by Gasteiger charge is -2.39. The van der Waals surface area contributed by atoms with E-state index in [-0.39, 0.29) is 30.4 Å². The van der Waals surface area contributed by atoms with Crippen molar-refractivity contribution in [2.24, 2.45) is 11.3 Å². The number of carbonyl (C=O) groups is 3. The van der Waals surface area contributed by atoms with Gasteiger partial charge in [0.15, 0.2) is 0 Å². The van der Waals surface area contributed by atoms with Gasteiger partial charge in [0.2, 0.25) is 0 Å². The fourth-order valence-electron chi connectivity index (χ4n) is 4.60. The fraction of sp³-hybridized carbons (Fsp3) is 0.519. The molecular weight excluding hydrogens is 468 g/mol. The van der Waals surface area contributed by atoms with E-state index >= 15 is 0 Å². The first-order chi connectivity index (χ1) is 17.3. The third kappa shape index (κ3) is 8.62. The molecule has 9 nitrogen and oxygen atoms in total. The van der Waals surface area contributed by atoms with Crippen molar-refractivity contribution in [2.45, 2.75) is 57.8 Å². The molecule has 0 heterocycles. The summed E-state index contributed by atoms with van der Waals surface area (Å²) >= 11 is 0. The first-order valence-corrected chi connectivity index (χ1v) is 12.1. The van der Waals surface area contributed by atoms with Gasteiger partial charge in [-0.05, 0) is 68.9 Å². The standard InChI is InChI=1S/C27H38O9/c1-4-34-16-10-7-13-20-19-27(26(32)33,15-9-12-18-36-6-3)23(25(30)31)21(22(20)24(28)29)14-8-11-17-35-5-2/h4-6,19,23H,1-3,7-18H2,(H,28,29)(H,30,31)(H,32,33). The van der Waals surface area contributed by atoms with Crippen LogP contribution in [0.2, 0.25) is 0 Å². The number of hydrogen-bond acceptors (Lipinski definition) is 6. The van der Waals surface area contributed by atoms with E-state index in [1.807, 2.05) is 0 Å². The van der Waals surface area contributed by atoms with Crippen LogP contribution >= 0.6 is 0 Å². The van der Waals surface area contributed by atoms with E-state index in [4.69, 9.17) is 14.2 Å². The Morgan fingerprint density at radius 1 is 0.806 bits per heavy atom. The lowest BCUT2D eigenvalue weighted by Crippen LogP contribution is -2.45. The number of rotatable bonds is 21. The maximum Gasteiger partial charge on any atom is 0.335 e. The van der Waals surface area contributed by atoms with Crippen molar-refractivity contribution in [1.82, 2.24) is 0 Å². The molecule has 9 heteroatoms. The Morgan fingerprint density at radius 3 is 1.75 bits per heavy atom. The third-order valence-electron chi connectivity index (χ3n) is 6.17. The Bertz CT molecular complexity index is 855. The molecular formula is C27H38O9. The smallest absolute Gasteiger partial charge is 0.335 e. The topological polar surface area (TPSA) is 140 Å².